The Balaban J connectivity index is 2.51. The van der Waals surface area contributed by atoms with Gasteiger partial charge in [0.15, 0.2) is 6.10 Å². The normalized spacial score (nSPS) is 19.6. The number of aliphatic hydroxyl groups excluding tert-OH is 2. The Morgan fingerprint density at radius 2 is 1.37 bits per heavy atom. The number of hydrogen-bond donors (Lipinski definition) is 3. The number of quaternary nitrogens is 1. The second-order valence-electron chi connectivity index (χ2n) is 17.2. The zero-order valence-corrected chi connectivity index (χ0v) is 40.1. The highest BCUT2D eigenvalue weighted by molar-refractivity contribution is 7.47. The summed E-state index contributed by atoms with van der Waals surface area (Å²) in [5.74, 6) is -1.77. The lowest BCUT2D eigenvalue weighted by Crippen LogP contribution is -2.37. The fraction of sp³-hybridized carbons (Fsp3) is 0.660. The predicted molar refractivity (Wildman–Crippen MR) is 253 cm³/mol. The van der Waals surface area contributed by atoms with Crippen molar-refractivity contribution >= 4 is 25.5 Å². The maximum Gasteiger partial charge on any atom is 0.472 e. The quantitative estimate of drug-likeness (QED) is 0.0179. The molecule has 13 heteroatoms. The van der Waals surface area contributed by atoms with Gasteiger partial charge in [0.05, 0.1) is 40.0 Å². The number of allylic oxidation sites excluding steroid dienone is 12. The molecular weight excluding hydrogens is 822 g/mol. The fourth-order valence-corrected chi connectivity index (χ4v) is 7.29. The van der Waals surface area contributed by atoms with Gasteiger partial charge in [0.2, 0.25) is 0 Å². The molecule has 0 aliphatic heterocycles. The molecule has 0 spiro atoms. The topological polar surface area (TPSA) is 166 Å². The maximum absolute atomic E-state index is 12.8. The van der Waals surface area contributed by atoms with Crippen LogP contribution in [0.15, 0.2) is 85.1 Å². The Morgan fingerprint density at radius 3 is 2.00 bits per heavy atom. The number of likely N-dealkylation sites (N-methyl/N-ethyl adjacent to an activating group) is 1. The third kappa shape index (κ3) is 33.0. The number of carbonyl (C=O) groups excluding carboxylic acids is 3. The van der Waals surface area contributed by atoms with Gasteiger partial charge in [0.1, 0.15) is 25.5 Å². The number of esters is 2. The van der Waals surface area contributed by atoms with Gasteiger partial charge in [-0.15, -0.1) is 0 Å². The number of unbranched alkanes of at least 4 members (excludes halogenated alkanes) is 6. The first-order valence-corrected chi connectivity index (χ1v) is 24.9. The van der Waals surface area contributed by atoms with Crippen molar-refractivity contribution in [1.29, 1.82) is 0 Å². The van der Waals surface area contributed by atoms with Crippen molar-refractivity contribution in [2.45, 2.75) is 154 Å². The van der Waals surface area contributed by atoms with E-state index in [1.54, 1.807) is 12.2 Å². The Labute approximate surface area is 380 Å². The summed E-state index contributed by atoms with van der Waals surface area (Å²) < 4.78 is 34.2. The first kappa shape index (κ1) is 57.8. The molecule has 3 N–H and O–H groups in total. The van der Waals surface area contributed by atoms with Crippen LogP contribution in [0.1, 0.15) is 136 Å². The van der Waals surface area contributed by atoms with Crippen LogP contribution in [-0.4, -0.2) is 103 Å². The monoisotopic (exact) mass is 905 g/mol. The van der Waals surface area contributed by atoms with E-state index in [2.05, 4.69) is 74.6 Å². The number of carbonyl (C=O) groups is 3. The zero-order chi connectivity index (χ0) is 46.6. The molecule has 0 aromatic rings. The van der Waals surface area contributed by atoms with Crippen molar-refractivity contribution in [2.24, 2.45) is 11.8 Å². The van der Waals surface area contributed by atoms with Gasteiger partial charge in [-0.05, 0) is 77.0 Å². The third-order valence-electron chi connectivity index (χ3n) is 10.3. The molecule has 0 amide bonds. The number of hydrogen-bond acceptors (Lipinski definition) is 10. The molecule has 358 valence electrons. The van der Waals surface area contributed by atoms with Gasteiger partial charge in [-0.25, -0.2) is 4.57 Å². The highest BCUT2D eigenvalue weighted by Crippen LogP contribution is 2.43. The number of phosphoric acid groups is 1. The van der Waals surface area contributed by atoms with Gasteiger partial charge in [-0.2, -0.15) is 0 Å². The van der Waals surface area contributed by atoms with Crippen LogP contribution in [0.25, 0.3) is 0 Å². The summed E-state index contributed by atoms with van der Waals surface area (Å²) in [6, 6.07) is 0. The van der Waals surface area contributed by atoms with Crippen molar-refractivity contribution in [3.05, 3.63) is 85.1 Å². The molecule has 63 heavy (non-hydrogen) atoms. The highest BCUT2D eigenvalue weighted by atomic mass is 31.2. The molecular formula is C50H83NO11P+. The summed E-state index contributed by atoms with van der Waals surface area (Å²) in [6.45, 7) is 3.83. The molecule has 0 heterocycles. The van der Waals surface area contributed by atoms with Crippen LogP contribution in [0, 0.1) is 11.8 Å². The SMILES string of the molecule is CC/C=C\C/C=C\C/C=C\C/C=C\C/C=C\CCCCCC(=O)O[C@H](COC(=O)CCC/C=C\C[C@H]1C(=O)C[C@@H](O)[C@@H]1/C=C/[C@@H](O)CCCCC)COP(=O)(O)OCC[N+](C)(C)C. The summed E-state index contributed by atoms with van der Waals surface area (Å²) >= 11 is 0. The number of aliphatic hydroxyl groups is 2. The largest absolute Gasteiger partial charge is 0.472 e. The average molecular weight is 905 g/mol. The molecule has 12 nitrogen and oxygen atoms in total. The third-order valence-corrected chi connectivity index (χ3v) is 11.3. The molecule has 0 aromatic heterocycles. The summed E-state index contributed by atoms with van der Waals surface area (Å²) in [6.07, 6.45) is 40.0. The van der Waals surface area contributed by atoms with Crippen LogP contribution >= 0.6 is 7.82 Å². The molecule has 1 fully saturated rings. The van der Waals surface area contributed by atoms with Gasteiger partial charge in [0.25, 0.3) is 0 Å². The highest BCUT2D eigenvalue weighted by Gasteiger charge is 2.39. The molecule has 1 unspecified atom stereocenters. The van der Waals surface area contributed by atoms with E-state index >= 15 is 0 Å². The second-order valence-corrected chi connectivity index (χ2v) is 18.6. The number of rotatable bonds is 37. The minimum atomic E-state index is -4.46. The first-order valence-electron chi connectivity index (χ1n) is 23.4. The molecule has 1 rings (SSSR count). The summed E-state index contributed by atoms with van der Waals surface area (Å²) in [5.41, 5.74) is 0. The zero-order valence-electron chi connectivity index (χ0n) is 39.2. The molecule has 1 aliphatic rings. The standard InChI is InChI=1S/C50H82NO11P/c1-6-8-10-11-12-13-14-15-16-17-18-19-20-21-22-23-24-25-31-35-50(56)62-44(42-61-63(57,58)60-39-38-51(3,4)5)41-59-49(55)34-30-27-26-29-33-45-46(48(54)40-47(45)53)37-36-43(52)32-28-9-7-2/h8,10,12-13,15-16,18-19,21-22,26,29,36-37,43-46,48,52,54H,6-7,9,11,14,17,20,23-25,27-28,30-35,38-42H2,1-5H3/p+1/b10-8-,13-12-,16-15-,19-18-,22-21-,29-26-,37-36+/t43-,44+,45+,46+,48+/m0/s1. The molecule has 6 atom stereocenters. The number of nitrogens with zero attached hydrogens (tertiary/aromatic N) is 1. The molecule has 0 radical (unpaired) electrons. The summed E-state index contributed by atoms with van der Waals surface area (Å²) in [7, 11) is 1.29. The summed E-state index contributed by atoms with van der Waals surface area (Å²) in [4.78, 5) is 48.2. The van der Waals surface area contributed by atoms with Crippen LogP contribution in [0.5, 0.6) is 0 Å². The van der Waals surface area contributed by atoms with Crippen LogP contribution in [0.2, 0.25) is 0 Å². The minimum absolute atomic E-state index is 0.00408. The van der Waals surface area contributed by atoms with Crippen LogP contribution in [0.3, 0.4) is 0 Å². The second kappa shape index (κ2) is 36.1. The van der Waals surface area contributed by atoms with E-state index in [1.807, 2.05) is 33.3 Å². The molecule has 0 saturated heterocycles. The molecule has 0 aromatic carbocycles. The summed E-state index contributed by atoms with van der Waals surface area (Å²) in [5, 5.41) is 20.7. The van der Waals surface area contributed by atoms with E-state index in [9.17, 15) is 34.1 Å². The van der Waals surface area contributed by atoms with E-state index in [1.165, 1.54) is 0 Å². The Morgan fingerprint density at radius 1 is 0.762 bits per heavy atom. The average Bonchev–Trinajstić information content (AvgIpc) is 3.50. The van der Waals surface area contributed by atoms with E-state index in [0.29, 0.717) is 43.1 Å². The van der Waals surface area contributed by atoms with Crippen molar-refractivity contribution in [3.8, 4) is 0 Å². The molecule has 1 aliphatic carbocycles. The Kier molecular flexibility index (Phi) is 33.1. The molecule has 1 saturated carbocycles. The van der Waals surface area contributed by atoms with E-state index in [-0.39, 0.29) is 50.1 Å². The van der Waals surface area contributed by atoms with Crippen LogP contribution in [-0.2, 0) is 37.5 Å². The van der Waals surface area contributed by atoms with Crippen molar-refractivity contribution in [1.82, 2.24) is 0 Å². The number of ether oxygens (including phenoxy) is 2. The number of Topliss-reactive ketones (excluding diaryl/α,β-unsaturated/α-hetero) is 1. The lowest BCUT2D eigenvalue weighted by Gasteiger charge is -2.24. The molecule has 0 bridgehead atoms. The van der Waals surface area contributed by atoms with Crippen molar-refractivity contribution in [3.63, 3.8) is 0 Å². The van der Waals surface area contributed by atoms with Crippen molar-refractivity contribution < 1.29 is 57.1 Å². The van der Waals surface area contributed by atoms with E-state index in [0.717, 1.165) is 70.6 Å². The predicted octanol–water partition coefficient (Wildman–Crippen LogP) is 10.2. The number of phosphoric ester groups is 1. The van der Waals surface area contributed by atoms with E-state index in [4.69, 9.17) is 18.5 Å². The fourth-order valence-electron chi connectivity index (χ4n) is 6.55. The van der Waals surface area contributed by atoms with Crippen LogP contribution < -0.4 is 0 Å². The number of ketones is 1. The maximum atomic E-state index is 12.8. The lowest BCUT2D eigenvalue weighted by atomic mass is 9.90. The van der Waals surface area contributed by atoms with Gasteiger partial charge in [-0.1, -0.05) is 125 Å². The van der Waals surface area contributed by atoms with E-state index < -0.39 is 44.7 Å². The first-order chi connectivity index (χ1) is 30.2. The van der Waals surface area contributed by atoms with Gasteiger partial charge < -0.3 is 29.1 Å². The smallest absolute Gasteiger partial charge is 0.462 e. The van der Waals surface area contributed by atoms with Gasteiger partial charge in [-0.3, -0.25) is 23.4 Å². The van der Waals surface area contributed by atoms with Crippen LogP contribution in [0.4, 0.5) is 0 Å². The Hall–Kier alpha value is -3.22. The minimum Gasteiger partial charge on any atom is -0.462 e. The van der Waals surface area contributed by atoms with Gasteiger partial charge >= 0.3 is 19.8 Å². The lowest BCUT2D eigenvalue weighted by molar-refractivity contribution is -0.870. The Bertz CT molecular complexity index is 1510. The van der Waals surface area contributed by atoms with Gasteiger partial charge in [0, 0.05) is 31.1 Å². The van der Waals surface area contributed by atoms with Crippen molar-refractivity contribution in [2.75, 3.05) is 47.5 Å².